The van der Waals surface area contributed by atoms with Crippen molar-refractivity contribution in [3.05, 3.63) is 29.8 Å². The molecule has 1 aliphatic rings. The molecular formula is C13H14F3NO3. The number of carbonyl (C=O) groups is 1. The van der Waals surface area contributed by atoms with E-state index in [1.165, 1.54) is 12.1 Å². The van der Waals surface area contributed by atoms with E-state index in [1.807, 2.05) is 0 Å². The van der Waals surface area contributed by atoms with Crippen molar-refractivity contribution in [1.29, 1.82) is 0 Å². The van der Waals surface area contributed by atoms with E-state index in [1.54, 1.807) is 0 Å². The lowest BCUT2D eigenvalue weighted by Crippen LogP contribution is -2.22. The van der Waals surface area contributed by atoms with Gasteiger partial charge in [0.25, 0.3) is 0 Å². The lowest BCUT2D eigenvalue weighted by molar-refractivity contribution is -0.137. The molecule has 7 heteroatoms. The van der Waals surface area contributed by atoms with Crippen LogP contribution < -0.4 is 10.5 Å². The van der Waals surface area contributed by atoms with Crippen LogP contribution in [0.4, 0.5) is 18.0 Å². The maximum Gasteiger partial charge on any atom is 0.416 e. The van der Waals surface area contributed by atoms with Crippen LogP contribution in [0.3, 0.4) is 0 Å². The standard InChI is InChI=1S/C13H14F3NO3/c14-13(15,16)8-2-1-3-9(6-8)19-10-4-5-11(7-10)20-12(17)18/h1-3,6,10-11H,4-5,7H2,(H2,17,18)/t10-,11-/m0/s1. The molecule has 0 radical (unpaired) electrons. The second-order valence-electron chi connectivity index (χ2n) is 4.64. The molecule has 0 aromatic heterocycles. The van der Waals surface area contributed by atoms with Crippen LogP contribution in [-0.2, 0) is 10.9 Å². The van der Waals surface area contributed by atoms with Crippen LogP contribution in [-0.4, -0.2) is 18.3 Å². The van der Waals surface area contributed by atoms with Crippen LogP contribution in [0, 0.1) is 0 Å². The average Bonchev–Trinajstić information content (AvgIpc) is 2.75. The Hall–Kier alpha value is -1.92. The largest absolute Gasteiger partial charge is 0.490 e. The van der Waals surface area contributed by atoms with E-state index in [0.717, 1.165) is 12.1 Å². The molecule has 1 saturated carbocycles. The van der Waals surface area contributed by atoms with Gasteiger partial charge >= 0.3 is 12.3 Å². The number of hydrogen-bond donors (Lipinski definition) is 1. The van der Waals surface area contributed by atoms with Crippen LogP contribution in [0.1, 0.15) is 24.8 Å². The van der Waals surface area contributed by atoms with Gasteiger partial charge in [0.05, 0.1) is 5.56 Å². The van der Waals surface area contributed by atoms with Gasteiger partial charge in [0.1, 0.15) is 18.0 Å². The van der Waals surface area contributed by atoms with Crippen LogP contribution >= 0.6 is 0 Å². The van der Waals surface area contributed by atoms with Crippen molar-refractivity contribution in [2.24, 2.45) is 5.73 Å². The third kappa shape index (κ3) is 3.79. The SMILES string of the molecule is NC(=O)O[C@H]1CC[C@H](Oc2cccc(C(F)(F)F)c2)C1. The maximum absolute atomic E-state index is 12.6. The zero-order valence-electron chi connectivity index (χ0n) is 10.5. The van der Waals surface area contributed by atoms with E-state index < -0.39 is 17.8 Å². The van der Waals surface area contributed by atoms with Crippen molar-refractivity contribution in [3.63, 3.8) is 0 Å². The molecule has 1 aliphatic carbocycles. The fraction of sp³-hybridized carbons (Fsp3) is 0.462. The zero-order chi connectivity index (χ0) is 14.8. The van der Waals surface area contributed by atoms with Gasteiger partial charge in [0.15, 0.2) is 0 Å². The highest BCUT2D eigenvalue weighted by Crippen LogP contribution is 2.33. The lowest BCUT2D eigenvalue weighted by Gasteiger charge is -2.15. The molecule has 20 heavy (non-hydrogen) atoms. The van der Waals surface area contributed by atoms with Gasteiger partial charge in [0.2, 0.25) is 0 Å². The predicted molar refractivity (Wildman–Crippen MR) is 64.2 cm³/mol. The summed E-state index contributed by atoms with van der Waals surface area (Å²) < 4.78 is 48.0. The second-order valence-corrected chi connectivity index (χ2v) is 4.64. The lowest BCUT2D eigenvalue weighted by atomic mass is 10.2. The van der Waals surface area contributed by atoms with Gasteiger partial charge in [-0.25, -0.2) is 4.79 Å². The molecule has 4 nitrogen and oxygen atoms in total. The number of alkyl halides is 3. The molecule has 110 valence electrons. The molecule has 2 atom stereocenters. The van der Waals surface area contributed by atoms with Crippen molar-refractivity contribution in [1.82, 2.24) is 0 Å². The van der Waals surface area contributed by atoms with Gasteiger partial charge in [-0.2, -0.15) is 13.2 Å². The molecule has 2 N–H and O–H groups in total. The van der Waals surface area contributed by atoms with Crippen molar-refractivity contribution >= 4 is 6.09 Å². The Morgan fingerprint density at radius 3 is 2.60 bits per heavy atom. The number of amides is 1. The first kappa shape index (κ1) is 14.5. The van der Waals surface area contributed by atoms with Gasteiger partial charge in [-0.3, -0.25) is 0 Å². The summed E-state index contributed by atoms with van der Waals surface area (Å²) >= 11 is 0. The molecule has 0 spiro atoms. The van der Waals surface area contributed by atoms with Crippen molar-refractivity contribution in [2.45, 2.75) is 37.6 Å². The molecular weight excluding hydrogens is 275 g/mol. The molecule has 0 aliphatic heterocycles. The summed E-state index contributed by atoms with van der Waals surface area (Å²) in [5.41, 5.74) is 4.16. The zero-order valence-corrected chi connectivity index (χ0v) is 10.5. The number of primary amides is 1. The molecule has 0 unspecified atom stereocenters. The minimum atomic E-state index is -4.40. The summed E-state index contributed by atoms with van der Waals surface area (Å²) in [5.74, 6) is 0.157. The number of carbonyl (C=O) groups excluding carboxylic acids is 1. The van der Waals surface area contributed by atoms with E-state index in [2.05, 4.69) is 0 Å². The molecule has 1 aromatic rings. The molecule has 2 rings (SSSR count). The number of ether oxygens (including phenoxy) is 2. The molecule has 0 heterocycles. The van der Waals surface area contributed by atoms with Gasteiger partial charge in [-0.15, -0.1) is 0 Å². The number of nitrogens with two attached hydrogens (primary N) is 1. The first-order valence-electron chi connectivity index (χ1n) is 6.14. The fourth-order valence-electron chi connectivity index (χ4n) is 2.22. The van der Waals surface area contributed by atoms with E-state index in [4.69, 9.17) is 15.2 Å². The van der Waals surface area contributed by atoms with Gasteiger partial charge in [-0.1, -0.05) is 6.07 Å². The Morgan fingerprint density at radius 1 is 1.25 bits per heavy atom. The molecule has 1 aromatic carbocycles. The fourth-order valence-corrected chi connectivity index (χ4v) is 2.22. The Labute approximate surface area is 113 Å². The van der Waals surface area contributed by atoms with Crippen LogP contribution in [0.25, 0.3) is 0 Å². The summed E-state index contributed by atoms with van der Waals surface area (Å²) in [5, 5.41) is 0. The minimum absolute atomic E-state index is 0.157. The normalized spacial score (nSPS) is 22.6. The van der Waals surface area contributed by atoms with Crippen LogP contribution in [0.5, 0.6) is 5.75 Å². The number of halogens is 3. The van der Waals surface area contributed by atoms with Crippen LogP contribution in [0.2, 0.25) is 0 Å². The highest BCUT2D eigenvalue weighted by Gasteiger charge is 2.32. The molecule has 1 fully saturated rings. The number of benzene rings is 1. The Kier molecular flexibility index (Phi) is 4.06. The summed E-state index contributed by atoms with van der Waals surface area (Å²) in [7, 11) is 0. The van der Waals surface area contributed by atoms with Gasteiger partial charge in [0, 0.05) is 6.42 Å². The molecule has 0 bridgehead atoms. The predicted octanol–water partition coefficient (Wildman–Crippen LogP) is 3.10. The van der Waals surface area contributed by atoms with E-state index in [0.29, 0.717) is 19.3 Å². The Bertz CT molecular complexity index is 490. The third-order valence-electron chi connectivity index (χ3n) is 3.08. The first-order valence-corrected chi connectivity index (χ1v) is 6.14. The summed E-state index contributed by atoms with van der Waals surface area (Å²) in [6, 6.07) is 4.71. The van der Waals surface area contributed by atoms with Crippen LogP contribution in [0.15, 0.2) is 24.3 Å². The van der Waals surface area contributed by atoms with E-state index in [-0.39, 0.29) is 18.0 Å². The minimum Gasteiger partial charge on any atom is -0.490 e. The second kappa shape index (κ2) is 5.60. The van der Waals surface area contributed by atoms with Gasteiger partial charge < -0.3 is 15.2 Å². The highest BCUT2D eigenvalue weighted by atomic mass is 19.4. The maximum atomic E-state index is 12.6. The summed E-state index contributed by atoms with van der Waals surface area (Å²) in [4.78, 5) is 10.6. The smallest absolute Gasteiger partial charge is 0.416 e. The van der Waals surface area contributed by atoms with E-state index in [9.17, 15) is 18.0 Å². The summed E-state index contributed by atoms with van der Waals surface area (Å²) in [6.45, 7) is 0. The topological polar surface area (TPSA) is 61.6 Å². The Morgan fingerprint density at radius 2 is 1.95 bits per heavy atom. The highest BCUT2D eigenvalue weighted by molar-refractivity contribution is 5.64. The number of hydrogen-bond acceptors (Lipinski definition) is 3. The van der Waals surface area contributed by atoms with Crippen molar-refractivity contribution < 1.29 is 27.4 Å². The van der Waals surface area contributed by atoms with Crippen molar-refractivity contribution in [3.8, 4) is 5.75 Å². The third-order valence-corrected chi connectivity index (χ3v) is 3.08. The van der Waals surface area contributed by atoms with E-state index >= 15 is 0 Å². The summed E-state index contributed by atoms with van der Waals surface area (Å²) in [6.07, 6.45) is -4.23. The monoisotopic (exact) mass is 289 g/mol. The van der Waals surface area contributed by atoms with Gasteiger partial charge in [-0.05, 0) is 31.0 Å². The Balaban J connectivity index is 1.96. The average molecular weight is 289 g/mol. The first-order chi connectivity index (χ1) is 9.34. The number of rotatable bonds is 3. The van der Waals surface area contributed by atoms with Crippen molar-refractivity contribution in [2.75, 3.05) is 0 Å². The molecule has 1 amide bonds. The quantitative estimate of drug-likeness (QED) is 0.930. The molecule has 0 saturated heterocycles.